The lowest BCUT2D eigenvalue weighted by Crippen LogP contribution is -2.41. The molecule has 5 rings (SSSR count). The highest BCUT2D eigenvalue weighted by Gasteiger charge is 2.37. The van der Waals surface area contributed by atoms with E-state index in [1.54, 1.807) is 35.1 Å². The number of rotatable bonds is 7. The number of halogens is 1. The first-order valence-corrected chi connectivity index (χ1v) is 15.3. The van der Waals surface area contributed by atoms with Crippen molar-refractivity contribution in [1.29, 1.82) is 0 Å². The van der Waals surface area contributed by atoms with E-state index in [2.05, 4.69) is 58.9 Å². The third-order valence-corrected chi connectivity index (χ3v) is 11.8. The van der Waals surface area contributed by atoms with E-state index in [9.17, 15) is 9.18 Å². The first-order chi connectivity index (χ1) is 18.0. The SMILES string of the molecule is CC(C)(C)[Si](C)(C)OCCn1c(=O)[nH]c2nc(-c3nn(Cc4ccccc4F)c4ncccc34)nc(N)c21. The summed E-state index contributed by atoms with van der Waals surface area (Å²) in [5, 5.41) is 5.41. The van der Waals surface area contributed by atoms with Gasteiger partial charge in [-0.1, -0.05) is 39.0 Å². The molecule has 0 aliphatic heterocycles. The van der Waals surface area contributed by atoms with Crippen molar-refractivity contribution < 1.29 is 8.82 Å². The second-order valence-electron chi connectivity index (χ2n) is 10.8. The molecule has 0 atom stereocenters. The van der Waals surface area contributed by atoms with Crippen LogP contribution in [0.15, 0.2) is 47.4 Å². The van der Waals surface area contributed by atoms with Gasteiger partial charge in [-0.2, -0.15) is 5.10 Å². The Balaban J connectivity index is 1.51. The number of aromatic nitrogens is 7. The summed E-state index contributed by atoms with van der Waals surface area (Å²) in [7, 11) is -1.97. The summed E-state index contributed by atoms with van der Waals surface area (Å²) < 4.78 is 23.7. The Labute approximate surface area is 219 Å². The van der Waals surface area contributed by atoms with Crippen LogP contribution >= 0.6 is 0 Å². The summed E-state index contributed by atoms with van der Waals surface area (Å²) >= 11 is 0. The second kappa shape index (κ2) is 9.44. The number of pyridine rings is 1. The molecule has 198 valence electrons. The zero-order chi connectivity index (χ0) is 27.2. The van der Waals surface area contributed by atoms with Crippen molar-refractivity contribution in [2.75, 3.05) is 12.3 Å². The van der Waals surface area contributed by atoms with E-state index in [-0.39, 0.29) is 34.7 Å². The van der Waals surface area contributed by atoms with Crippen LogP contribution in [0.5, 0.6) is 0 Å². The average molecular weight is 535 g/mol. The minimum atomic E-state index is -1.97. The summed E-state index contributed by atoms with van der Waals surface area (Å²) in [5.41, 5.74) is 8.23. The molecule has 0 saturated carbocycles. The van der Waals surface area contributed by atoms with Crippen LogP contribution in [0.1, 0.15) is 26.3 Å². The standard InChI is InChI=1S/C26H31FN8O2Si/c1-26(2,3)38(4,5)37-14-13-34-20-21(28)30-22(31-23(20)32-25(34)36)19-17-10-8-12-29-24(17)35(33-19)15-16-9-6-7-11-18(16)27/h6-12H,13-15H2,1-5H3,(H3,28,30,31,32,36). The highest BCUT2D eigenvalue weighted by atomic mass is 28.4. The predicted molar refractivity (Wildman–Crippen MR) is 148 cm³/mol. The summed E-state index contributed by atoms with van der Waals surface area (Å²) in [6.07, 6.45) is 1.65. The van der Waals surface area contributed by atoms with Gasteiger partial charge in [-0.3, -0.25) is 9.55 Å². The number of nitrogens with zero attached hydrogens (tertiary/aromatic N) is 6. The lowest BCUT2D eigenvalue weighted by molar-refractivity contribution is 0.272. The Hall–Kier alpha value is -3.90. The molecule has 1 aromatic carbocycles. The van der Waals surface area contributed by atoms with E-state index in [0.717, 1.165) is 0 Å². The van der Waals surface area contributed by atoms with E-state index in [0.29, 0.717) is 46.6 Å². The van der Waals surface area contributed by atoms with Crippen molar-refractivity contribution in [3.8, 4) is 11.5 Å². The van der Waals surface area contributed by atoms with Gasteiger partial charge in [0, 0.05) is 11.8 Å². The van der Waals surface area contributed by atoms with Gasteiger partial charge in [-0.15, -0.1) is 0 Å². The molecule has 4 heterocycles. The number of imidazole rings is 1. The summed E-state index contributed by atoms with van der Waals surface area (Å²) in [5.74, 6) is 0.0644. The van der Waals surface area contributed by atoms with Crippen LogP contribution in [0.2, 0.25) is 18.1 Å². The molecule has 0 unspecified atom stereocenters. The van der Waals surface area contributed by atoms with Crippen LogP contribution < -0.4 is 11.4 Å². The number of fused-ring (bicyclic) bond motifs is 2. The number of benzene rings is 1. The quantitative estimate of drug-likeness (QED) is 0.297. The van der Waals surface area contributed by atoms with Gasteiger partial charge in [-0.25, -0.2) is 28.8 Å². The fraction of sp³-hybridized carbons (Fsp3) is 0.346. The number of hydrogen-bond donors (Lipinski definition) is 2. The average Bonchev–Trinajstić information content (AvgIpc) is 3.37. The normalized spacial score (nSPS) is 12.6. The van der Waals surface area contributed by atoms with Crippen molar-refractivity contribution >= 4 is 36.3 Å². The molecule has 10 nitrogen and oxygen atoms in total. The maximum atomic E-state index is 14.3. The van der Waals surface area contributed by atoms with Crippen LogP contribution in [-0.2, 0) is 17.5 Å². The van der Waals surface area contributed by atoms with Gasteiger partial charge in [0.2, 0.25) is 0 Å². The van der Waals surface area contributed by atoms with Crippen molar-refractivity contribution in [3.05, 3.63) is 64.5 Å². The van der Waals surface area contributed by atoms with Crippen LogP contribution in [0, 0.1) is 5.82 Å². The molecule has 0 aliphatic carbocycles. The third-order valence-electron chi connectivity index (χ3n) is 7.23. The Morgan fingerprint density at radius 1 is 1.13 bits per heavy atom. The molecule has 38 heavy (non-hydrogen) atoms. The molecule has 4 aromatic heterocycles. The van der Waals surface area contributed by atoms with Gasteiger partial charge in [-0.05, 0) is 36.3 Å². The number of nitrogens with one attached hydrogen (secondary N) is 1. The molecule has 12 heteroatoms. The molecule has 0 radical (unpaired) electrons. The molecule has 0 saturated heterocycles. The summed E-state index contributed by atoms with van der Waals surface area (Å²) in [6, 6.07) is 10.2. The van der Waals surface area contributed by atoms with Crippen molar-refractivity contribution in [2.24, 2.45) is 0 Å². The minimum absolute atomic E-state index is 0.0581. The van der Waals surface area contributed by atoms with Gasteiger partial charge < -0.3 is 10.2 Å². The predicted octanol–water partition coefficient (Wildman–Crippen LogP) is 4.32. The maximum Gasteiger partial charge on any atom is 0.327 e. The van der Waals surface area contributed by atoms with Gasteiger partial charge in [0.15, 0.2) is 31.3 Å². The van der Waals surface area contributed by atoms with E-state index in [1.807, 2.05) is 6.07 Å². The Bertz CT molecular complexity index is 1700. The molecule has 0 aliphatic rings. The molecule has 5 aromatic rings. The fourth-order valence-corrected chi connectivity index (χ4v) is 5.13. The van der Waals surface area contributed by atoms with Gasteiger partial charge in [0.25, 0.3) is 0 Å². The van der Waals surface area contributed by atoms with E-state index >= 15 is 0 Å². The van der Waals surface area contributed by atoms with E-state index in [1.165, 1.54) is 10.6 Å². The lowest BCUT2D eigenvalue weighted by Gasteiger charge is -2.36. The van der Waals surface area contributed by atoms with Crippen LogP contribution in [0.4, 0.5) is 10.2 Å². The molecular weight excluding hydrogens is 503 g/mol. The highest BCUT2D eigenvalue weighted by Crippen LogP contribution is 2.36. The zero-order valence-electron chi connectivity index (χ0n) is 22.1. The Morgan fingerprint density at radius 2 is 1.89 bits per heavy atom. The largest absolute Gasteiger partial charge is 0.415 e. The van der Waals surface area contributed by atoms with Crippen molar-refractivity contribution in [2.45, 2.75) is 52.0 Å². The van der Waals surface area contributed by atoms with E-state index < -0.39 is 8.32 Å². The van der Waals surface area contributed by atoms with Crippen molar-refractivity contribution in [3.63, 3.8) is 0 Å². The minimum Gasteiger partial charge on any atom is -0.415 e. The van der Waals surface area contributed by atoms with Gasteiger partial charge >= 0.3 is 5.69 Å². The number of H-pyrrole nitrogens is 1. The lowest BCUT2D eigenvalue weighted by atomic mass is 10.2. The molecule has 0 fully saturated rings. The maximum absolute atomic E-state index is 14.3. The fourth-order valence-electron chi connectivity index (χ4n) is 4.10. The van der Waals surface area contributed by atoms with Crippen molar-refractivity contribution in [1.82, 2.24) is 34.3 Å². The Kier molecular flexibility index (Phi) is 6.39. The number of anilines is 1. The van der Waals surface area contributed by atoms with Gasteiger partial charge in [0.1, 0.15) is 17.0 Å². The number of nitrogen functional groups attached to an aromatic ring is 1. The zero-order valence-corrected chi connectivity index (χ0v) is 23.1. The third kappa shape index (κ3) is 4.61. The van der Waals surface area contributed by atoms with Crippen LogP contribution in [0.3, 0.4) is 0 Å². The monoisotopic (exact) mass is 534 g/mol. The van der Waals surface area contributed by atoms with Crippen LogP contribution in [0.25, 0.3) is 33.7 Å². The number of hydrogen-bond acceptors (Lipinski definition) is 7. The van der Waals surface area contributed by atoms with Gasteiger partial charge in [0.05, 0.1) is 25.1 Å². The summed E-state index contributed by atoms with van der Waals surface area (Å²) in [6.45, 7) is 11.7. The topological polar surface area (TPSA) is 130 Å². The summed E-state index contributed by atoms with van der Waals surface area (Å²) in [4.78, 5) is 29.2. The first-order valence-electron chi connectivity index (χ1n) is 12.4. The Morgan fingerprint density at radius 3 is 2.63 bits per heavy atom. The van der Waals surface area contributed by atoms with E-state index in [4.69, 9.17) is 10.2 Å². The number of aromatic amines is 1. The number of nitrogens with two attached hydrogens (primary N) is 1. The first kappa shape index (κ1) is 25.7. The second-order valence-corrected chi connectivity index (χ2v) is 15.6. The molecular formula is C26H31FN8O2Si. The molecule has 0 spiro atoms. The molecule has 3 N–H and O–H groups in total. The smallest absolute Gasteiger partial charge is 0.327 e. The molecule has 0 amide bonds. The molecule has 0 bridgehead atoms. The highest BCUT2D eigenvalue weighted by molar-refractivity contribution is 6.74. The van der Waals surface area contributed by atoms with Crippen LogP contribution in [-0.4, -0.2) is 49.2 Å².